The van der Waals surface area contributed by atoms with Crippen LogP contribution in [0.15, 0.2) is 39.3 Å². The molecule has 3 nitrogen and oxygen atoms in total. The van der Waals surface area contributed by atoms with Gasteiger partial charge in [0.1, 0.15) is 11.5 Å². The maximum atomic E-state index is 12.3. The van der Waals surface area contributed by atoms with Gasteiger partial charge < -0.3 is 9.47 Å². The van der Waals surface area contributed by atoms with Crippen molar-refractivity contribution in [2.75, 3.05) is 6.61 Å². The van der Waals surface area contributed by atoms with Gasteiger partial charge in [-0.3, -0.25) is 0 Å². The normalized spacial score (nSPS) is 11.3. The van der Waals surface area contributed by atoms with Crippen molar-refractivity contribution >= 4 is 37.8 Å². The third-order valence-electron chi connectivity index (χ3n) is 3.73. The Morgan fingerprint density at radius 2 is 1.60 bits per heavy atom. The molecule has 0 aliphatic carbocycles. The maximum Gasteiger partial charge on any atom is 0.349 e. The summed E-state index contributed by atoms with van der Waals surface area (Å²) in [6.07, 6.45) is 0. The minimum absolute atomic E-state index is 0.136. The minimum Gasteiger partial charge on any atom is -0.481 e. The number of carbonyl (C=O) groups is 1. The second kappa shape index (κ2) is 7.92. The van der Waals surface area contributed by atoms with Crippen LogP contribution in [0.3, 0.4) is 0 Å². The Labute approximate surface area is 166 Å². The van der Waals surface area contributed by atoms with Crippen molar-refractivity contribution in [2.45, 2.75) is 40.0 Å². The first-order valence-corrected chi connectivity index (χ1v) is 9.57. The average Bonchev–Trinajstić information content (AvgIpc) is 2.47. The predicted molar refractivity (Wildman–Crippen MR) is 108 cm³/mol. The molecule has 2 aromatic rings. The molecule has 134 valence electrons. The van der Waals surface area contributed by atoms with Crippen LogP contribution >= 0.6 is 31.9 Å². The fourth-order valence-electron chi connectivity index (χ4n) is 2.59. The Kier molecular flexibility index (Phi) is 6.33. The molecule has 0 saturated heterocycles. The topological polar surface area (TPSA) is 35.5 Å². The second-order valence-corrected chi connectivity index (χ2v) is 8.85. The number of aryl methyl sites for hydroxylation is 2. The molecule has 0 amide bonds. The standard InChI is InChI=1S/C20H22Br2O3/c1-12-8-15(22)9-13(2)19(12)24-11-18(23)25-17-7-6-14(21)10-16(17)20(3,4)5/h6-10H,11H2,1-5H3. The zero-order valence-corrected chi connectivity index (χ0v) is 18.2. The zero-order chi connectivity index (χ0) is 18.8. The van der Waals surface area contributed by atoms with Gasteiger partial charge in [-0.25, -0.2) is 4.79 Å². The Balaban J connectivity index is 2.12. The molecule has 0 heterocycles. The lowest BCUT2D eigenvalue weighted by atomic mass is 9.86. The van der Waals surface area contributed by atoms with Crippen LogP contribution in [0.25, 0.3) is 0 Å². The van der Waals surface area contributed by atoms with E-state index in [-0.39, 0.29) is 12.0 Å². The van der Waals surface area contributed by atoms with Crippen LogP contribution in [0.4, 0.5) is 0 Å². The van der Waals surface area contributed by atoms with Gasteiger partial charge in [0.25, 0.3) is 0 Å². The van der Waals surface area contributed by atoms with Crippen LogP contribution in [0.2, 0.25) is 0 Å². The van der Waals surface area contributed by atoms with Crippen LogP contribution in [-0.2, 0) is 10.2 Å². The molecular formula is C20H22Br2O3. The Morgan fingerprint density at radius 1 is 1.00 bits per heavy atom. The van der Waals surface area contributed by atoms with E-state index in [2.05, 4.69) is 52.6 Å². The Morgan fingerprint density at radius 3 is 2.16 bits per heavy atom. The first-order valence-electron chi connectivity index (χ1n) is 7.98. The van der Waals surface area contributed by atoms with E-state index in [9.17, 15) is 4.79 Å². The average molecular weight is 470 g/mol. The van der Waals surface area contributed by atoms with Gasteiger partial charge in [-0.2, -0.15) is 0 Å². The van der Waals surface area contributed by atoms with Gasteiger partial charge in [-0.15, -0.1) is 0 Å². The second-order valence-electron chi connectivity index (χ2n) is 7.02. The van der Waals surface area contributed by atoms with Crippen molar-refractivity contribution in [2.24, 2.45) is 0 Å². The summed E-state index contributed by atoms with van der Waals surface area (Å²) in [7, 11) is 0. The molecule has 0 fully saturated rings. The van der Waals surface area contributed by atoms with Gasteiger partial charge in [0.05, 0.1) is 0 Å². The summed E-state index contributed by atoms with van der Waals surface area (Å²) in [6, 6.07) is 9.56. The van der Waals surface area contributed by atoms with Crippen molar-refractivity contribution in [3.63, 3.8) is 0 Å². The summed E-state index contributed by atoms with van der Waals surface area (Å²) in [6.45, 7) is 10.0. The summed E-state index contributed by atoms with van der Waals surface area (Å²) in [5, 5.41) is 0. The fourth-order valence-corrected chi connectivity index (χ4v) is 3.63. The monoisotopic (exact) mass is 468 g/mol. The number of hydrogen-bond acceptors (Lipinski definition) is 3. The smallest absolute Gasteiger partial charge is 0.349 e. The predicted octanol–water partition coefficient (Wildman–Crippen LogP) is 6.11. The molecule has 0 aliphatic rings. The molecule has 0 aromatic heterocycles. The molecule has 2 aromatic carbocycles. The molecule has 5 heteroatoms. The first-order chi connectivity index (χ1) is 11.6. The molecule has 0 atom stereocenters. The number of benzene rings is 2. The summed E-state index contributed by atoms with van der Waals surface area (Å²) in [5.41, 5.74) is 2.77. The fraction of sp³-hybridized carbons (Fsp3) is 0.350. The molecule has 0 saturated carbocycles. The van der Waals surface area contributed by atoms with Crippen LogP contribution in [0.1, 0.15) is 37.5 Å². The lowest BCUT2D eigenvalue weighted by molar-refractivity contribution is -0.136. The van der Waals surface area contributed by atoms with E-state index in [4.69, 9.17) is 9.47 Å². The summed E-state index contributed by atoms with van der Waals surface area (Å²) >= 11 is 6.92. The lowest BCUT2D eigenvalue weighted by Crippen LogP contribution is -2.21. The first kappa shape index (κ1) is 20.0. The van der Waals surface area contributed by atoms with Crippen molar-refractivity contribution < 1.29 is 14.3 Å². The van der Waals surface area contributed by atoms with Crippen molar-refractivity contribution in [1.82, 2.24) is 0 Å². The zero-order valence-electron chi connectivity index (χ0n) is 15.1. The van der Waals surface area contributed by atoms with E-state index in [0.717, 1.165) is 25.6 Å². The van der Waals surface area contributed by atoms with Crippen molar-refractivity contribution in [3.8, 4) is 11.5 Å². The van der Waals surface area contributed by atoms with E-state index < -0.39 is 5.97 Å². The Hall–Kier alpha value is -1.33. The molecular weight excluding hydrogens is 448 g/mol. The highest BCUT2D eigenvalue weighted by Gasteiger charge is 2.21. The highest BCUT2D eigenvalue weighted by Crippen LogP contribution is 2.34. The van der Waals surface area contributed by atoms with Crippen LogP contribution in [0.5, 0.6) is 11.5 Å². The quantitative estimate of drug-likeness (QED) is 0.400. The SMILES string of the molecule is Cc1cc(Br)cc(C)c1OCC(=O)Oc1ccc(Br)cc1C(C)(C)C. The van der Waals surface area contributed by atoms with Gasteiger partial charge in [-0.05, 0) is 60.7 Å². The maximum absolute atomic E-state index is 12.3. The van der Waals surface area contributed by atoms with Crippen LogP contribution < -0.4 is 9.47 Å². The number of hydrogen-bond donors (Lipinski definition) is 0. The lowest BCUT2D eigenvalue weighted by Gasteiger charge is -2.22. The number of halogens is 2. The largest absolute Gasteiger partial charge is 0.481 e. The van der Waals surface area contributed by atoms with Crippen molar-refractivity contribution in [1.29, 1.82) is 0 Å². The van der Waals surface area contributed by atoms with Gasteiger partial charge in [0, 0.05) is 14.5 Å². The molecule has 2 rings (SSSR count). The third kappa shape index (κ3) is 5.32. The summed E-state index contributed by atoms with van der Waals surface area (Å²) < 4.78 is 13.2. The molecule has 0 radical (unpaired) electrons. The van der Waals surface area contributed by atoms with E-state index in [1.807, 2.05) is 38.1 Å². The number of esters is 1. The minimum atomic E-state index is -0.422. The molecule has 25 heavy (non-hydrogen) atoms. The molecule has 0 bridgehead atoms. The van der Waals surface area contributed by atoms with E-state index >= 15 is 0 Å². The highest BCUT2D eigenvalue weighted by molar-refractivity contribution is 9.10. The molecule has 0 aliphatic heterocycles. The molecule has 0 unspecified atom stereocenters. The van der Waals surface area contributed by atoms with E-state index in [1.165, 1.54) is 0 Å². The summed E-state index contributed by atoms with van der Waals surface area (Å²) in [5.74, 6) is 0.857. The molecule has 0 spiro atoms. The van der Waals surface area contributed by atoms with Gasteiger partial charge in [-0.1, -0.05) is 52.6 Å². The van der Waals surface area contributed by atoms with Gasteiger partial charge in [0.2, 0.25) is 0 Å². The van der Waals surface area contributed by atoms with Crippen molar-refractivity contribution in [3.05, 3.63) is 56.0 Å². The molecule has 0 N–H and O–H groups in total. The van der Waals surface area contributed by atoms with E-state index in [0.29, 0.717) is 11.5 Å². The number of carbonyl (C=O) groups excluding carboxylic acids is 1. The van der Waals surface area contributed by atoms with Gasteiger partial charge >= 0.3 is 5.97 Å². The number of ether oxygens (including phenoxy) is 2. The Bertz CT molecular complexity index is 769. The highest BCUT2D eigenvalue weighted by atomic mass is 79.9. The summed E-state index contributed by atoms with van der Waals surface area (Å²) in [4.78, 5) is 12.3. The van der Waals surface area contributed by atoms with Crippen LogP contribution in [-0.4, -0.2) is 12.6 Å². The third-order valence-corrected chi connectivity index (χ3v) is 4.68. The van der Waals surface area contributed by atoms with E-state index in [1.54, 1.807) is 6.07 Å². The van der Waals surface area contributed by atoms with Gasteiger partial charge in [0.15, 0.2) is 6.61 Å². The number of rotatable bonds is 4. The van der Waals surface area contributed by atoms with Crippen LogP contribution in [0, 0.1) is 13.8 Å².